The first-order valence-corrected chi connectivity index (χ1v) is 5.32. The van der Waals surface area contributed by atoms with Crippen LogP contribution in [0, 0.1) is 5.82 Å². The molecule has 0 fully saturated rings. The summed E-state index contributed by atoms with van der Waals surface area (Å²) in [5, 5.41) is 9.89. The Morgan fingerprint density at radius 3 is 2.59 bits per heavy atom. The Balaban J connectivity index is 2.63. The van der Waals surface area contributed by atoms with Crippen LogP contribution in [-0.2, 0) is 0 Å². The maximum Gasteiger partial charge on any atom is 0.131 e. The molecule has 0 aliphatic carbocycles. The molecular formula is C13H10ClFO2. The van der Waals surface area contributed by atoms with E-state index in [0.29, 0.717) is 16.3 Å². The Morgan fingerprint density at radius 2 is 1.88 bits per heavy atom. The average Bonchev–Trinajstić information content (AvgIpc) is 2.32. The number of rotatable bonds is 2. The van der Waals surface area contributed by atoms with E-state index in [9.17, 15) is 9.50 Å². The van der Waals surface area contributed by atoms with Gasteiger partial charge in [-0.3, -0.25) is 0 Å². The molecule has 2 aromatic carbocycles. The fourth-order valence-corrected chi connectivity index (χ4v) is 1.77. The van der Waals surface area contributed by atoms with Crippen LogP contribution in [0.1, 0.15) is 0 Å². The fourth-order valence-electron chi connectivity index (χ4n) is 1.61. The largest absolute Gasteiger partial charge is 0.508 e. The zero-order valence-electron chi connectivity index (χ0n) is 9.08. The Kier molecular flexibility index (Phi) is 3.20. The van der Waals surface area contributed by atoms with Crippen molar-refractivity contribution in [3.05, 3.63) is 47.2 Å². The van der Waals surface area contributed by atoms with Crippen molar-refractivity contribution in [2.45, 2.75) is 0 Å². The zero-order valence-corrected chi connectivity index (χ0v) is 9.83. The Labute approximate surface area is 103 Å². The first-order valence-electron chi connectivity index (χ1n) is 4.94. The van der Waals surface area contributed by atoms with E-state index in [-0.39, 0.29) is 11.3 Å². The molecule has 0 aliphatic rings. The van der Waals surface area contributed by atoms with Gasteiger partial charge in [0.25, 0.3) is 0 Å². The molecule has 0 atom stereocenters. The summed E-state index contributed by atoms with van der Waals surface area (Å²) in [6, 6.07) is 8.74. The standard InChI is InChI=1S/C13H10ClFO2/c1-17-13-6-8(14)2-4-10(13)11-7-9(16)3-5-12(11)15/h2-7,16H,1H3. The van der Waals surface area contributed by atoms with E-state index < -0.39 is 5.82 Å². The van der Waals surface area contributed by atoms with E-state index in [1.807, 2.05) is 0 Å². The van der Waals surface area contributed by atoms with Gasteiger partial charge in [-0.15, -0.1) is 0 Å². The van der Waals surface area contributed by atoms with Crippen LogP contribution in [0.25, 0.3) is 11.1 Å². The van der Waals surface area contributed by atoms with Gasteiger partial charge in [0.05, 0.1) is 7.11 Å². The SMILES string of the molecule is COc1cc(Cl)ccc1-c1cc(O)ccc1F. The molecule has 17 heavy (non-hydrogen) atoms. The van der Waals surface area contributed by atoms with Gasteiger partial charge in [0.2, 0.25) is 0 Å². The molecule has 4 heteroatoms. The number of aromatic hydroxyl groups is 1. The Hall–Kier alpha value is -1.74. The lowest BCUT2D eigenvalue weighted by atomic mass is 10.0. The maximum atomic E-state index is 13.7. The van der Waals surface area contributed by atoms with Gasteiger partial charge < -0.3 is 9.84 Å². The number of phenolic OH excluding ortho intramolecular Hbond substituents is 1. The summed E-state index contributed by atoms with van der Waals surface area (Å²) >= 11 is 5.83. The minimum atomic E-state index is -0.427. The van der Waals surface area contributed by atoms with Crippen LogP contribution < -0.4 is 4.74 Å². The van der Waals surface area contributed by atoms with Crippen molar-refractivity contribution in [1.29, 1.82) is 0 Å². The maximum absolute atomic E-state index is 13.7. The van der Waals surface area contributed by atoms with Crippen molar-refractivity contribution in [3.8, 4) is 22.6 Å². The summed E-state index contributed by atoms with van der Waals surface area (Å²) in [5.74, 6) is 0.0313. The zero-order chi connectivity index (χ0) is 12.4. The average molecular weight is 253 g/mol. The monoisotopic (exact) mass is 252 g/mol. The van der Waals surface area contributed by atoms with Crippen LogP contribution in [0.5, 0.6) is 11.5 Å². The molecule has 2 nitrogen and oxygen atoms in total. The lowest BCUT2D eigenvalue weighted by molar-refractivity contribution is 0.416. The van der Waals surface area contributed by atoms with Crippen molar-refractivity contribution < 1.29 is 14.2 Å². The molecule has 0 aliphatic heterocycles. The third-order valence-electron chi connectivity index (χ3n) is 2.40. The third kappa shape index (κ3) is 2.34. The lowest BCUT2D eigenvalue weighted by Crippen LogP contribution is -1.90. The first-order chi connectivity index (χ1) is 8.11. The molecule has 0 saturated carbocycles. The van der Waals surface area contributed by atoms with Gasteiger partial charge in [-0.05, 0) is 36.4 Å². The van der Waals surface area contributed by atoms with Gasteiger partial charge in [0.1, 0.15) is 17.3 Å². The highest BCUT2D eigenvalue weighted by molar-refractivity contribution is 6.30. The molecule has 88 valence electrons. The fraction of sp³-hybridized carbons (Fsp3) is 0.0769. The molecule has 0 spiro atoms. The molecule has 0 bridgehead atoms. The van der Waals surface area contributed by atoms with E-state index in [4.69, 9.17) is 16.3 Å². The highest BCUT2D eigenvalue weighted by atomic mass is 35.5. The Morgan fingerprint density at radius 1 is 1.12 bits per heavy atom. The number of phenols is 1. The summed E-state index contributed by atoms with van der Waals surface area (Å²) in [6.07, 6.45) is 0. The highest BCUT2D eigenvalue weighted by Crippen LogP contribution is 2.35. The smallest absolute Gasteiger partial charge is 0.131 e. The Bertz CT molecular complexity index is 555. The van der Waals surface area contributed by atoms with Crippen molar-refractivity contribution in [2.75, 3.05) is 7.11 Å². The number of benzene rings is 2. The summed E-state index contributed by atoms with van der Waals surface area (Å²) in [4.78, 5) is 0. The van der Waals surface area contributed by atoms with Crippen molar-refractivity contribution >= 4 is 11.6 Å². The van der Waals surface area contributed by atoms with E-state index in [1.54, 1.807) is 18.2 Å². The second kappa shape index (κ2) is 4.63. The minimum absolute atomic E-state index is 0.00148. The van der Waals surface area contributed by atoms with E-state index in [1.165, 1.54) is 25.3 Å². The van der Waals surface area contributed by atoms with Gasteiger partial charge >= 0.3 is 0 Å². The van der Waals surface area contributed by atoms with Gasteiger partial charge in [0, 0.05) is 16.1 Å². The molecule has 0 heterocycles. The number of hydrogen-bond donors (Lipinski definition) is 1. The molecule has 0 saturated heterocycles. The number of hydrogen-bond acceptors (Lipinski definition) is 2. The predicted octanol–water partition coefficient (Wildman–Crippen LogP) is 3.86. The van der Waals surface area contributed by atoms with Gasteiger partial charge in [-0.2, -0.15) is 0 Å². The topological polar surface area (TPSA) is 29.5 Å². The van der Waals surface area contributed by atoms with Crippen molar-refractivity contribution in [1.82, 2.24) is 0 Å². The molecular weight excluding hydrogens is 243 g/mol. The number of halogens is 2. The summed E-state index contributed by atoms with van der Waals surface area (Å²) in [6.45, 7) is 0. The molecule has 2 rings (SSSR count). The van der Waals surface area contributed by atoms with E-state index in [2.05, 4.69) is 0 Å². The second-order valence-corrected chi connectivity index (χ2v) is 3.95. The first kappa shape index (κ1) is 11.7. The van der Waals surface area contributed by atoms with Crippen LogP contribution in [0.15, 0.2) is 36.4 Å². The van der Waals surface area contributed by atoms with Crippen LogP contribution >= 0.6 is 11.6 Å². The second-order valence-electron chi connectivity index (χ2n) is 3.51. The molecule has 0 radical (unpaired) electrons. The lowest BCUT2D eigenvalue weighted by Gasteiger charge is -2.10. The minimum Gasteiger partial charge on any atom is -0.508 e. The van der Waals surface area contributed by atoms with Crippen LogP contribution in [-0.4, -0.2) is 12.2 Å². The summed E-state index contributed by atoms with van der Waals surface area (Å²) in [7, 11) is 1.48. The van der Waals surface area contributed by atoms with Gasteiger partial charge in [-0.1, -0.05) is 11.6 Å². The molecule has 2 aromatic rings. The number of methoxy groups -OCH3 is 1. The predicted molar refractivity (Wildman–Crippen MR) is 65.1 cm³/mol. The molecule has 0 amide bonds. The van der Waals surface area contributed by atoms with E-state index in [0.717, 1.165) is 0 Å². The normalized spacial score (nSPS) is 10.3. The third-order valence-corrected chi connectivity index (χ3v) is 2.64. The van der Waals surface area contributed by atoms with Gasteiger partial charge in [-0.25, -0.2) is 4.39 Å². The molecule has 0 aromatic heterocycles. The van der Waals surface area contributed by atoms with Crippen LogP contribution in [0.2, 0.25) is 5.02 Å². The van der Waals surface area contributed by atoms with Crippen molar-refractivity contribution in [2.24, 2.45) is 0 Å². The van der Waals surface area contributed by atoms with Crippen LogP contribution in [0.4, 0.5) is 4.39 Å². The quantitative estimate of drug-likeness (QED) is 0.879. The highest BCUT2D eigenvalue weighted by Gasteiger charge is 2.11. The number of ether oxygens (including phenoxy) is 1. The van der Waals surface area contributed by atoms with Crippen LogP contribution in [0.3, 0.4) is 0 Å². The van der Waals surface area contributed by atoms with E-state index >= 15 is 0 Å². The molecule has 0 unspecified atom stereocenters. The summed E-state index contributed by atoms with van der Waals surface area (Å²) in [5.41, 5.74) is 0.823. The van der Waals surface area contributed by atoms with Crippen molar-refractivity contribution in [3.63, 3.8) is 0 Å². The van der Waals surface area contributed by atoms with Gasteiger partial charge in [0.15, 0.2) is 0 Å². The summed E-state index contributed by atoms with van der Waals surface area (Å²) < 4.78 is 18.8. The molecule has 1 N–H and O–H groups in total.